The van der Waals surface area contributed by atoms with E-state index in [1.54, 1.807) is 0 Å². The van der Waals surface area contributed by atoms with Gasteiger partial charge in [-0.25, -0.2) is 0 Å². The standard InChI is InChI=1S/C46H35NS/c1-5-18-40(19-6-1)47(41-32-30-37(31-33-41)39-29-28-36-16-13-14-17-38(36)34-39)42-20-15-27-46(35-42)48(43-21-7-2-8-22-43,44-23-9-3-10-24-44)45-25-11-4-12-26-45/h1-35H. The van der Waals surface area contributed by atoms with E-state index in [0.29, 0.717) is 0 Å². The summed E-state index contributed by atoms with van der Waals surface area (Å²) >= 11 is 0. The summed E-state index contributed by atoms with van der Waals surface area (Å²) in [6.45, 7) is 0. The summed E-state index contributed by atoms with van der Waals surface area (Å²) in [7, 11) is -1.82. The van der Waals surface area contributed by atoms with Crippen LogP contribution in [0.3, 0.4) is 0 Å². The molecule has 0 aliphatic heterocycles. The minimum absolute atomic E-state index is 1.11. The Bertz CT molecular complexity index is 2170. The molecule has 0 heterocycles. The first-order valence-electron chi connectivity index (χ1n) is 16.3. The summed E-state index contributed by atoms with van der Waals surface area (Å²) in [5.41, 5.74) is 5.77. The maximum Gasteiger partial charge on any atom is 0.0472 e. The van der Waals surface area contributed by atoms with Crippen LogP contribution in [0.15, 0.2) is 232 Å². The topological polar surface area (TPSA) is 3.24 Å². The van der Waals surface area contributed by atoms with Crippen molar-refractivity contribution < 1.29 is 0 Å². The second-order valence-corrected chi connectivity index (χ2v) is 14.9. The molecule has 0 bridgehead atoms. The molecule has 2 heteroatoms. The number of para-hydroxylation sites is 1. The third kappa shape index (κ3) is 5.47. The lowest BCUT2D eigenvalue weighted by Gasteiger charge is -2.42. The fourth-order valence-electron chi connectivity index (χ4n) is 6.70. The van der Waals surface area contributed by atoms with Crippen LogP contribution >= 0.6 is 10.0 Å². The number of hydrogen-bond donors (Lipinski definition) is 0. The fraction of sp³-hybridized carbons (Fsp3) is 0. The Kier molecular flexibility index (Phi) is 8.08. The zero-order valence-electron chi connectivity index (χ0n) is 26.6. The number of fused-ring (bicyclic) bond motifs is 1. The summed E-state index contributed by atoms with van der Waals surface area (Å²) < 4.78 is 0. The molecule has 0 saturated heterocycles. The molecule has 0 unspecified atom stereocenters. The van der Waals surface area contributed by atoms with Crippen LogP contribution in [0.2, 0.25) is 0 Å². The molecule has 230 valence electrons. The first-order valence-corrected chi connectivity index (χ1v) is 18.0. The summed E-state index contributed by atoms with van der Waals surface area (Å²) in [5, 5.41) is 2.51. The van der Waals surface area contributed by atoms with Gasteiger partial charge in [-0.1, -0.05) is 127 Å². The van der Waals surface area contributed by atoms with Crippen LogP contribution in [0.4, 0.5) is 17.1 Å². The highest BCUT2D eigenvalue weighted by Crippen LogP contribution is 2.73. The van der Waals surface area contributed by atoms with Crippen molar-refractivity contribution in [3.05, 3.63) is 212 Å². The van der Waals surface area contributed by atoms with Gasteiger partial charge in [-0.2, -0.15) is 0 Å². The molecule has 1 nitrogen and oxygen atoms in total. The fourth-order valence-corrected chi connectivity index (χ4v) is 10.6. The number of hydrogen-bond acceptors (Lipinski definition) is 1. The van der Waals surface area contributed by atoms with E-state index in [1.807, 2.05) is 0 Å². The van der Waals surface area contributed by atoms with Crippen LogP contribution < -0.4 is 4.90 Å². The van der Waals surface area contributed by atoms with E-state index in [9.17, 15) is 0 Å². The Labute approximate surface area is 284 Å². The number of rotatable bonds is 8. The van der Waals surface area contributed by atoms with E-state index < -0.39 is 10.0 Å². The molecule has 0 aliphatic rings. The highest BCUT2D eigenvalue weighted by Gasteiger charge is 2.33. The largest absolute Gasteiger partial charge is 0.310 e. The Balaban J connectivity index is 1.29. The Morgan fingerprint density at radius 1 is 0.271 bits per heavy atom. The van der Waals surface area contributed by atoms with Crippen molar-refractivity contribution in [3.63, 3.8) is 0 Å². The number of benzene rings is 8. The van der Waals surface area contributed by atoms with Gasteiger partial charge in [0.1, 0.15) is 0 Å². The van der Waals surface area contributed by atoms with E-state index in [1.165, 1.54) is 41.5 Å². The monoisotopic (exact) mass is 633 g/mol. The molecule has 0 N–H and O–H groups in total. The second-order valence-electron chi connectivity index (χ2n) is 11.8. The number of nitrogens with zero attached hydrogens (tertiary/aromatic N) is 1. The van der Waals surface area contributed by atoms with Gasteiger partial charge >= 0.3 is 0 Å². The van der Waals surface area contributed by atoms with Crippen molar-refractivity contribution >= 4 is 37.9 Å². The predicted octanol–water partition coefficient (Wildman–Crippen LogP) is 13.3. The molecule has 8 rings (SSSR count). The van der Waals surface area contributed by atoms with Crippen LogP contribution in [-0.2, 0) is 0 Å². The van der Waals surface area contributed by atoms with Crippen LogP contribution in [0.25, 0.3) is 21.9 Å². The quantitative estimate of drug-likeness (QED) is 0.161. The lowest BCUT2D eigenvalue weighted by molar-refractivity contribution is 1.22. The first-order chi connectivity index (χ1) is 23.8. The molecule has 0 aliphatic carbocycles. The molecule has 0 fully saturated rings. The van der Waals surface area contributed by atoms with Gasteiger partial charge in [-0.05, 0) is 107 Å². The lowest BCUT2D eigenvalue weighted by atomic mass is 10.0. The minimum atomic E-state index is -1.82. The zero-order chi connectivity index (χ0) is 32.2. The van der Waals surface area contributed by atoms with Crippen LogP contribution in [0.5, 0.6) is 0 Å². The van der Waals surface area contributed by atoms with Gasteiger partial charge in [-0.15, -0.1) is 10.0 Å². The SMILES string of the molecule is c1ccc(N(c2ccc(-c3ccc4ccccc4c3)cc2)c2cccc(S(c3ccccc3)(c3ccccc3)c3ccccc3)c2)cc1. The third-order valence-corrected chi connectivity index (χ3v) is 12.8. The van der Waals surface area contributed by atoms with Crippen LogP contribution in [0.1, 0.15) is 0 Å². The normalized spacial score (nSPS) is 11.7. The number of anilines is 3. The molecule has 0 atom stereocenters. The zero-order valence-corrected chi connectivity index (χ0v) is 27.4. The summed E-state index contributed by atoms with van der Waals surface area (Å²) in [4.78, 5) is 7.60. The van der Waals surface area contributed by atoms with Crippen molar-refractivity contribution in [2.45, 2.75) is 19.6 Å². The van der Waals surface area contributed by atoms with Crippen molar-refractivity contribution in [1.82, 2.24) is 0 Å². The van der Waals surface area contributed by atoms with Crippen molar-refractivity contribution in [2.75, 3.05) is 4.90 Å². The molecule has 0 aromatic heterocycles. The highest BCUT2D eigenvalue weighted by atomic mass is 32.3. The minimum Gasteiger partial charge on any atom is -0.310 e. The maximum atomic E-state index is 2.41. The van der Waals surface area contributed by atoms with Gasteiger partial charge in [0.25, 0.3) is 0 Å². The van der Waals surface area contributed by atoms with E-state index in [2.05, 4.69) is 217 Å². The summed E-state index contributed by atoms with van der Waals surface area (Å²) in [6.07, 6.45) is 0. The van der Waals surface area contributed by atoms with Gasteiger partial charge in [0, 0.05) is 36.6 Å². The molecule has 48 heavy (non-hydrogen) atoms. The predicted molar refractivity (Wildman–Crippen MR) is 204 cm³/mol. The smallest absolute Gasteiger partial charge is 0.0472 e. The maximum absolute atomic E-state index is 2.41. The van der Waals surface area contributed by atoms with E-state index >= 15 is 0 Å². The summed E-state index contributed by atoms with van der Waals surface area (Å²) in [6, 6.07) is 77.2. The second kappa shape index (κ2) is 13.1. The van der Waals surface area contributed by atoms with Crippen molar-refractivity contribution in [1.29, 1.82) is 0 Å². The average molecular weight is 634 g/mol. The summed E-state index contributed by atoms with van der Waals surface area (Å²) in [5.74, 6) is 0. The molecule has 0 amide bonds. The van der Waals surface area contributed by atoms with Crippen LogP contribution in [0, 0.1) is 0 Å². The Morgan fingerprint density at radius 3 is 1.29 bits per heavy atom. The van der Waals surface area contributed by atoms with Gasteiger partial charge in [0.2, 0.25) is 0 Å². The highest BCUT2D eigenvalue weighted by molar-refractivity contribution is 8.34. The molecule has 0 spiro atoms. The van der Waals surface area contributed by atoms with Gasteiger partial charge in [0.15, 0.2) is 0 Å². The molecule has 0 radical (unpaired) electrons. The Morgan fingerprint density at radius 2 is 0.708 bits per heavy atom. The molecule has 0 saturated carbocycles. The van der Waals surface area contributed by atoms with Gasteiger partial charge in [0.05, 0.1) is 0 Å². The van der Waals surface area contributed by atoms with Gasteiger partial charge in [-0.3, -0.25) is 0 Å². The van der Waals surface area contributed by atoms with Crippen molar-refractivity contribution in [3.8, 4) is 11.1 Å². The first kappa shape index (κ1) is 29.6. The van der Waals surface area contributed by atoms with E-state index in [4.69, 9.17) is 0 Å². The third-order valence-electron chi connectivity index (χ3n) is 8.94. The van der Waals surface area contributed by atoms with Crippen LogP contribution in [-0.4, -0.2) is 0 Å². The molecular weight excluding hydrogens is 599 g/mol. The van der Waals surface area contributed by atoms with Gasteiger partial charge < -0.3 is 4.90 Å². The van der Waals surface area contributed by atoms with E-state index in [0.717, 1.165) is 17.1 Å². The molecule has 8 aromatic rings. The van der Waals surface area contributed by atoms with Crippen molar-refractivity contribution in [2.24, 2.45) is 0 Å². The lowest BCUT2D eigenvalue weighted by Crippen LogP contribution is -2.11. The van der Waals surface area contributed by atoms with E-state index in [-0.39, 0.29) is 0 Å². The molecular formula is C46H35NS. The average Bonchev–Trinajstić information content (AvgIpc) is 3.17. The Hall–Kier alpha value is -5.83. The molecule has 8 aromatic carbocycles.